The van der Waals surface area contributed by atoms with Crippen LogP contribution in [-0.2, 0) is 12.4 Å². The molecule has 0 unspecified atom stereocenters. The summed E-state index contributed by atoms with van der Waals surface area (Å²) in [7, 11) is 1.94. The Balaban J connectivity index is 2.07. The molecular formula is C15H15BrN4. The van der Waals surface area contributed by atoms with Gasteiger partial charge in [0.05, 0.1) is 11.9 Å². The van der Waals surface area contributed by atoms with Gasteiger partial charge in [0.2, 0.25) is 0 Å². The molecule has 102 valence electrons. The Morgan fingerprint density at radius 2 is 1.90 bits per heavy atom. The molecule has 0 aliphatic rings. The van der Waals surface area contributed by atoms with E-state index >= 15 is 0 Å². The third-order valence-corrected chi connectivity index (χ3v) is 3.91. The van der Waals surface area contributed by atoms with E-state index in [0.29, 0.717) is 0 Å². The molecule has 0 aliphatic heterocycles. The van der Waals surface area contributed by atoms with Crippen molar-refractivity contribution < 1.29 is 0 Å². The van der Waals surface area contributed by atoms with E-state index < -0.39 is 0 Å². The second kappa shape index (κ2) is 5.25. The van der Waals surface area contributed by atoms with Crippen molar-refractivity contribution in [3.63, 3.8) is 0 Å². The predicted octanol–water partition coefficient (Wildman–Crippen LogP) is 3.48. The van der Waals surface area contributed by atoms with Crippen LogP contribution in [0.15, 0.2) is 42.7 Å². The van der Waals surface area contributed by atoms with Crippen molar-refractivity contribution in [3.8, 4) is 16.9 Å². The molecule has 0 saturated carbocycles. The fraction of sp³-hybridized carbons (Fsp3) is 0.200. The molecule has 1 aromatic carbocycles. The van der Waals surface area contributed by atoms with E-state index in [1.165, 1.54) is 0 Å². The first kappa shape index (κ1) is 13.1. The van der Waals surface area contributed by atoms with Crippen molar-refractivity contribution in [1.82, 2.24) is 19.6 Å². The SMILES string of the molecule is Cc1nn(C)c(-n2cc(-c3ccccc3)cn2)c1CBr. The van der Waals surface area contributed by atoms with E-state index in [0.717, 1.165) is 33.5 Å². The van der Waals surface area contributed by atoms with Crippen LogP contribution in [0.1, 0.15) is 11.3 Å². The first-order valence-electron chi connectivity index (χ1n) is 6.39. The molecule has 0 saturated heterocycles. The standard InChI is InChI=1S/C15H15BrN4/c1-11-14(8-16)15(19(2)18-11)20-10-13(9-17-20)12-6-4-3-5-7-12/h3-7,9-10H,8H2,1-2H3. The number of hydrogen-bond donors (Lipinski definition) is 0. The van der Waals surface area contributed by atoms with Crippen LogP contribution >= 0.6 is 15.9 Å². The van der Waals surface area contributed by atoms with Crippen LogP contribution in [0.2, 0.25) is 0 Å². The summed E-state index contributed by atoms with van der Waals surface area (Å²) in [5, 5.41) is 9.71. The largest absolute Gasteiger partial charge is 0.250 e. The number of halogens is 1. The van der Waals surface area contributed by atoms with Gasteiger partial charge in [0.1, 0.15) is 0 Å². The number of rotatable bonds is 3. The molecule has 20 heavy (non-hydrogen) atoms. The molecule has 0 N–H and O–H groups in total. The van der Waals surface area contributed by atoms with Crippen molar-refractivity contribution in [3.05, 3.63) is 54.0 Å². The monoisotopic (exact) mass is 330 g/mol. The Morgan fingerprint density at radius 3 is 2.60 bits per heavy atom. The lowest BCUT2D eigenvalue weighted by Gasteiger charge is -2.04. The lowest BCUT2D eigenvalue weighted by Crippen LogP contribution is -2.05. The van der Waals surface area contributed by atoms with E-state index in [1.807, 2.05) is 53.9 Å². The summed E-state index contributed by atoms with van der Waals surface area (Å²) in [6.45, 7) is 2.02. The van der Waals surface area contributed by atoms with E-state index in [4.69, 9.17) is 0 Å². The summed E-state index contributed by atoms with van der Waals surface area (Å²) in [5.74, 6) is 1.00. The number of nitrogens with zero attached hydrogens (tertiary/aromatic N) is 4. The maximum Gasteiger partial charge on any atom is 0.155 e. The molecule has 3 rings (SSSR count). The first-order valence-corrected chi connectivity index (χ1v) is 7.51. The van der Waals surface area contributed by atoms with Crippen molar-refractivity contribution in [2.24, 2.45) is 7.05 Å². The van der Waals surface area contributed by atoms with Crippen LogP contribution < -0.4 is 0 Å². The Labute approximate surface area is 126 Å². The summed E-state index contributed by atoms with van der Waals surface area (Å²) >= 11 is 3.53. The van der Waals surface area contributed by atoms with Crippen LogP contribution in [0.3, 0.4) is 0 Å². The number of benzene rings is 1. The topological polar surface area (TPSA) is 35.6 Å². The minimum absolute atomic E-state index is 0.766. The van der Waals surface area contributed by atoms with Gasteiger partial charge in [-0.2, -0.15) is 10.2 Å². The van der Waals surface area contributed by atoms with Crippen LogP contribution in [0.5, 0.6) is 0 Å². The number of aromatic nitrogens is 4. The highest BCUT2D eigenvalue weighted by Crippen LogP contribution is 2.23. The van der Waals surface area contributed by atoms with Gasteiger partial charge < -0.3 is 0 Å². The van der Waals surface area contributed by atoms with Crippen molar-refractivity contribution in [1.29, 1.82) is 0 Å². The number of alkyl halides is 1. The molecule has 4 nitrogen and oxygen atoms in total. The Bertz CT molecular complexity index is 728. The summed E-state index contributed by atoms with van der Waals surface area (Å²) in [4.78, 5) is 0. The van der Waals surface area contributed by atoms with Gasteiger partial charge in [-0.05, 0) is 12.5 Å². The fourth-order valence-corrected chi connectivity index (χ4v) is 3.01. The summed E-state index contributed by atoms with van der Waals surface area (Å²) < 4.78 is 3.76. The van der Waals surface area contributed by atoms with E-state index in [2.05, 4.69) is 38.3 Å². The Morgan fingerprint density at radius 1 is 1.15 bits per heavy atom. The smallest absolute Gasteiger partial charge is 0.155 e. The Kier molecular flexibility index (Phi) is 3.44. The first-order chi connectivity index (χ1) is 9.70. The highest BCUT2D eigenvalue weighted by atomic mass is 79.9. The van der Waals surface area contributed by atoms with Crippen molar-refractivity contribution in [2.45, 2.75) is 12.3 Å². The van der Waals surface area contributed by atoms with Gasteiger partial charge in [-0.1, -0.05) is 46.3 Å². The second-order valence-corrected chi connectivity index (χ2v) is 5.25. The molecule has 0 amide bonds. The average molecular weight is 331 g/mol. The maximum atomic E-state index is 4.48. The maximum absolute atomic E-state index is 4.48. The fourth-order valence-electron chi connectivity index (χ4n) is 2.35. The normalized spacial score (nSPS) is 10.9. The van der Waals surface area contributed by atoms with Gasteiger partial charge in [-0.25, -0.2) is 4.68 Å². The lowest BCUT2D eigenvalue weighted by atomic mass is 10.1. The van der Waals surface area contributed by atoms with E-state index in [9.17, 15) is 0 Å². The highest BCUT2D eigenvalue weighted by Gasteiger charge is 2.15. The van der Waals surface area contributed by atoms with E-state index in [-0.39, 0.29) is 0 Å². The summed E-state index contributed by atoms with van der Waals surface area (Å²) in [5.41, 5.74) is 4.45. The molecule has 3 aromatic rings. The van der Waals surface area contributed by atoms with Crippen molar-refractivity contribution in [2.75, 3.05) is 0 Å². The molecule has 2 heterocycles. The molecule has 0 spiro atoms. The third kappa shape index (κ3) is 2.18. The van der Waals surface area contributed by atoms with Crippen LogP contribution in [0, 0.1) is 6.92 Å². The quantitative estimate of drug-likeness (QED) is 0.689. The molecule has 0 radical (unpaired) electrons. The molecule has 0 aliphatic carbocycles. The zero-order valence-electron chi connectivity index (χ0n) is 11.4. The minimum atomic E-state index is 0.766. The predicted molar refractivity (Wildman–Crippen MR) is 83.1 cm³/mol. The Hall–Kier alpha value is -1.88. The number of hydrogen-bond acceptors (Lipinski definition) is 2. The molecule has 0 atom stereocenters. The van der Waals surface area contributed by atoms with Gasteiger partial charge in [-0.3, -0.25) is 4.68 Å². The lowest BCUT2D eigenvalue weighted by molar-refractivity contribution is 0.692. The molecule has 5 heteroatoms. The molecule has 0 bridgehead atoms. The van der Waals surface area contributed by atoms with Crippen molar-refractivity contribution >= 4 is 15.9 Å². The van der Waals surface area contributed by atoms with Gasteiger partial charge in [0.15, 0.2) is 5.82 Å². The van der Waals surface area contributed by atoms with E-state index in [1.54, 1.807) is 0 Å². The van der Waals surface area contributed by atoms with Crippen LogP contribution in [0.25, 0.3) is 16.9 Å². The average Bonchev–Trinajstić information content (AvgIpc) is 3.03. The summed E-state index contributed by atoms with van der Waals surface area (Å²) in [6.07, 6.45) is 3.92. The second-order valence-electron chi connectivity index (χ2n) is 4.68. The van der Waals surface area contributed by atoms with Crippen LogP contribution in [0.4, 0.5) is 0 Å². The zero-order valence-corrected chi connectivity index (χ0v) is 13.0. The van der Waals surface area contributed by atoms with Gasteiger partial charge >= 0.3 is 0 Å². The molecular weight excluding hydrogens is 316 g/mol. The molecule has 0 fully saturated rings. The highest BCUT2D eigenvalue weighted by molar-refractivity contribution is 9.08. The van der Waals surface area contributed by atoms with Gasteiger partial charge in [-0.15, -0.1) is 0 Å². The zero-order chi connectivity index (χ0) is 14.1. The minimum Gasteiger partial charge on any atom is -0.250 e. The van der Waals surface area contributed by atoms with Crippen LogP contribution in [-0.4, -0.2) is 19.6 Å². The number of aryl methyl sites for hydroxylation is 2. The van der Waals surface area contributed by atoms with Gasteiger partial charge in [0, 0.05) is 29.7 Å². The molecule has 2 aromatic heterocycles. The third-order valence-electron chi connectivity index (χ3n) is 3.35. The summed E-state index contributed by atoms with van der Waals surface area (Å²) in [6, 6.07) is 10.2. The van der Waals surface area contributed by atoms with Gasteiger partial charge in [0.25, 0.3) is 0 Å².